The maximum atomic E-state index is 12.7. The van der Waals surface area contributed by atoms with Crippen LogP contribution in [0.25, 0.3) is 0 Å². The van der Waals surface area contributed by atoms with Crippen molar-refractivity contribution in [3.8, 4) is 6.01 Å². The van der Waals surface area contributed by atoms with Gasteiger partial charge in [0, 0.05) is 25.4 Å². The van der Waals surface area contributed by atoms with Crippen LogP contribution in [0.15, 0.2) is 30.5 Å². The molecule has 2 aromatic rings. The summed E-state index contributed by atoms with van der Waals surface area (Å²) in [5, 5.41) is 0. The van der Waals surface area contributed by atoms with Crippen molar-refractivity contribution in [1.82, 2.24) is 14.9 Å². The SMILES string of the molecule is COCCOc1ncc2c(n1)N(Cc1cccc(CN3CCC[C@H]3C(=O)OC)c1)C(=O)C2. The molecule has 1 amide bonds. The number of fused-ring (bicyclic) bond motifs is 1. The standard InChI is InChI=1S/C23H28N4O5/c1-30-9-10-32-23-24-13-18-12-20(28)27(21(18)25-23)15-17-6-3-5-16(11-17)14-26-8-4-7-19(26)22(29)31-2/h3,5-6,11,13,19H,4,7-10,12,14-15H2,1-2H3/t19-/m0/s1. The number of aromatic nitrogens is 2. The number of likely N-dealkylation sites (tertiary alicyclic amines) is 1. The van der Waals surface area contributed by atoms with Gasteiger partial charge in [-0.05, 0) is 30.5 Å². The molecular formula is C23H28N4O5. The van der Waals surface area contributed by atoms with Gasteiger partial charge in [-0.3, -0.25) is 19.4 Å². The van der Waals surface area contributed by atoms with Gasteiger partial charge in [-0.15, -0.1) is 0 Å². The summed E-state index contributed by atoms with van der Waals surface area (Å²) in [5.41, 5.74) is 2.89. The van der Waals surface area contributed by atoms with Crippen LogP contribution in [0.3, 0.4) is 0 Å². The molecule has 9 nitrogen and oxygen atoms in total. The highest BCUT2D eigenvalue weighted by molar-refractivity contribution is 6.00. The van der Waals surface area contributed by atoms with E-state index in [9.17, 15) is 9.59 Å². The van der Waals surface area contributed by atoms with Crippen LogP contribution >= 0.6 is 0 Å². The molecule has 0 bridgehead atoms. The molecule has 1 saturated heterocycles. The Balaban J connectivity index is 1.46. The fourth-order valence-electron chi connectivity index (χ4n) is 4.23. The molecule has 2 aliphatic rings. The molecule has 2 aliphatic heterocycles. The van der Waals surface area contributed by atoms with Crippen molar-refractivity contribution in [2.75, 3.05) is 38.9 Å². The highest BCUT2D eigenvalue weighted by atomic mass is 16.5. The van der Waals surface area contributed by atoms with E-state index >= 15 is 0 Å². The van der Waals surface area contributed by atoms with E-state index in [1.807, 2.05) is 18.2 Å². The van der Waals surface area contributed by atoms with E-state index in [-0.39, 0.29) is 30.3 Å². The van der Waals surface area contributed by atoms with Crippen molar-refractivity contribution < 1.29 is 23.8 Å². The Morgan fingerprint density at radius 2 is 2.00 bits per heavy atom. The number of ether oxygens (including phenoxy) is 3. The first-order valence-corrected chi connectivity index (χ1v) is 10.8. The number of hydrogen-bond donors (Lipinski definition) is 0. The van der Waals surface area contributed by atoms with Crippen LogP contribution in [0.5, 0.6) is 6.01 Å². The number of nitrogens with zero attached hydrogens (tertiary/aromatic N) is 4. The first-order valence-electron chi connectivity index (χ1n) is 10.8. The van der Waals surface area contributed by atoms with Gasteiger partial charge in [0.25, 0.3) is 0 Å². The van der Waals surface area contributed by atoms with Gasteiger partial charge in [0.05, 0.1) is 26.7 Å². The lowest BCUT2D eigenvalue weighted by Gasteiger charge is -2.23. The normalized spacial score (nSPS) is 18.1. The lowest BCUT2D eigenvalue weighted by Crippen LogP contribution is -2.36. The van der Waals surface area contributed by atoms with Crippen molar-refractivity contribution in [2.24, 2.45) is 0 Å². The monoisotopic (exact) mass is 440 g/mol. The zero-order valence-corrected chi connectivity index (χ0v) is 18.5. The van der Waals surface area contributed by atoms with Gasteiger partial charge in [0.2, 0.25) is 5.91 Å². The molecule has 1 aromatic carbocycles. The maximum absolute atomic E-state index is 12.7. The number of anilines is 1. The molecule has 0 saturated carbocycles. The van der Waals surface area contributed by atoms with Gasteiger partial charge in [-0.1, -0.05) is 24.3 Å². The first kappa shape index (κ1) is 22.2. The topological polar surface area (TPSA) is 94.1 Å². The molecule has 1 aromatic heterocycles. The van der Waals surface area contributed by atoms with E-state index in [0.29, 0.717) is 32.1 Å². The van der Waals surface area contributed by atoms with Crippen LogP contribution in [-0.2, 0) is 38.6 Å². The van der Waals surface area contributed by atoms with Crippen LogP contribution in [0, 0.1) is 0 Å². The summed E-state index contributed by atoms with van der Waals surface area (Å²) in [5.74, 6) is 0.397. The lowest BCUT2D eigenvalue weighted by atomic mass is 10.1. The summed E-state index contributed by atoms with van der Waals surface area (Å²) in [6.45, 7) is 2.72. The van der Waals surface area contributed by atoms with E-state index in [1.165, 1.54) is 7.11 Å². The van der Waals surface area contributed by atoms with Crippen LogP contribution in [0.2, 0.25) is 0 Å². The molecule has 0 unspecified atom stereocenters. The molecule has 0 N–H and O–H groups in total. The third-order valence-corrected chi connectivity index (χ3v) is 5.79. The average Bonchev–Trinajstić information content (AvgIpc) is 3.38. The Morgan fingerprint density at radius 1 is 1.19 bits per heavy atom. The van der Waals surface area contributed by atoms with Crippen LogP contribution < -0.4 is 9.64 Å². The number of benzene rings is 1. The van der Waals surface area contributed by atoms with Gasteiger partial charge in [0.15, 0.2) is 0 Å². The molecular weight excluding hydrogens is 412 g/mol. The van der Waals surface area contributed by atoms with E-state index in [2.05, 4.69) is 20.9 Å². The molecule has 0 aliphatic carbocycles. The molecule has 9 heteroatoms. The Kier molecular flexibility index (Phi) is 6.96. The molecule has 170 valence electrons. The summed E-state index contributed by atoms with van der Waals surface area (Å²) < 4.78 is 15.4. The van der Waals surface area contributed by atoms with Gasteiger partial charge in [-0.2, -0.15) is 4.98 Å². The molecule has 1 fully saturated rings. The smallest absolute Gasteiger partial charge is 0.323 e. The summed E-state index contributed by atoms with van der Waals surface area (Å²) in [6.07, 6.45) is 3.73. The number of amides is 1. The van der Waals surface area contributed by atoms with Crippen molar-refractivity contribution in [2.45, 2.75) is 38.4 Å². The third-order valence-electron chi connectivity index (χ3n) is 5.79. The van der Waals surface area contributed by atoms with Gasteiger partial charge >= 0.3 is 12.0 Å². The largest absolute Gasteiger partial charge is 0.468 e. The van der Waals surface area contributed by atoms with E-state index in [0.717, 1.165) is 36.1 Å². The van der Waals surface area contributed by atoms with Crippen LogP contribution in [0.1, 0.15) is 29.5 Å². The zero-order valence-electron chi connectivity index (χ0n) is 18.5. The Labute approximate surface area is 187 Å². The summed E-state index contributed by atoms with van der Waals surface area (Å²) >= 11 is 0. The maximum Gasteiger partial charge on any atom is 0.323 e. The van der Waals surface area contributed by atoms with E-state index in [1.54, 1.807) is 18.2 Å². The fraction of sp³-hybridized carbons (Fsp3) is 0.478. The Morgan fingerprint density at radius 3 is 2.78 bits per heavy atom. The molecule has 1 atom stereocenters. The second kappa shape index (κ2) is 10.1. The Hall–Kier alpha value is -3.04. The summed E-state index contributed by atoms with van der Waals surface area (Å²) in [7, 11) is 3.03. The minimum absolute atomic E-state index is 0.0148. The summed E-state index contributed by atoms with van der Waals surface area (Å²) in [6, 6.07) is 8.14. The zero-order chi connectivity index (χ0) is 22.5. The minimum Gasteiger partial charge on any atom is -0.468 e. The molecule has 0 spiro atoms. The van der Waals surface area contributed by atoms with Crippen molar-refractivity contribution in [1.29, 1.82) is 0 Å². The van der Waals surface area contributed by atoms with E-state index in [4.69, 9.17) is 14.2 Å². The number of carbonyl (C=O) groups excluding carboxylic acids is 2. The Bertz CT molecular complexity index is 983. The quantitative estimate of drug-likeness (QED) is 0.430. The third kappa shape index (κ3) is 4.89. The van der Waals surface area contributed by atoms with Crippen molar-refractivity contribution in [3.05, 3.63) is 47.2 Å². The fourth-order valence-corrected chi connectivity index (χ4v) is 4.23. The second-order valence-electron chi connectivity index (χ2n) is 7.97. The molecule has 4 rings (SSSR count). The number of hydrogen-bond acceptors (Lipinski definition) is 8. The van der Waals surface area contributed by atoms with Gasteiger partial charge < -0.3 is 14.2 Å². The average molecular weight is 441 g/mol. The highest BCUT2D eigenvalue weighted by Crippen LogP contribution is 2.29. The van der Waals surface area contributed by atoms with Crippen LogP contribution in [-0.4, -0.2) is 66.8 Å². The predicted molar refractivity (Wildman–Crippen MR) is 116 cm³/mol. The lowest BCUT2D eigenvalue weighted by molar-refractivity contribution is -0.146. The van der Waals surface area contributed by atoms with Crippen LogP contribution in [0.4, 0.5) is 5.82 Å². The number of methoxy groups -OCH3 is 2. The number of rotatable bonds is 9. The molecule has 3 heterocycles. The predicted octanol–water partition coefficient (Wildman–Crippen LogP) is 1.73. The van der Waals surface area contributed by atoms with Crippen molar-refractivity contribution in [3.63, 3.8) is 0 Å². The first-order chi connectivity index (χ1) is 15.6. The van der Waals surface area contributed by atoms with Gasteiger partial charge in [0.1, 0.15) is 18.5 Å². The minimum atomic E-state index is -0.191. The number of carbonyl (C=O) groups is 2. The highest BCUT2D eigenvalue weighted by Gasteiger charge is 2.32. The number of esters is 1. The van der Waals surface area contributed by atoms with Crippen molar-refractivity contribution >= 4 is 17.7 Å². The second-order valence-corrected chi connectivity index (χ2v) is 7.97. The van der Waals surface area contributed by atoms with Gasteiger partial charge in [-0.25, -0.2) is 4.98 Å². The molecule has 32 heavy (non-hydrogen) atoms. The molecule has 0 radical (unpaired) electrons. The van der Waals surface area contributed by atoms with E-state index < -0.39 is 0 Å². The summed E-state index contributed by atoms with van der Waals surface area (Å²) in [4.78, 5) is 37.2.